The van der Waals surface area contributed by atoms with Gasteiger partial charge in [-0.15, -0.1) is 0 Å². The van der Waals surface area contributed by atoms with Gasteiger partial charge in [0.25, 0.3) is 0 Å². The van der Waals surface area contributed by atoms with Crippen LogP contribution in [0.3, 0.4) is 0 Å². The summed E-state index contributed by atoms with van der Waals surface area (Å²) < 4.78 is 4.68. The van der Waals surface area contributed by atoms with Gasteiger partial charge in [0.05, 0.1) is 26.1 Å². The van der Waals surface area contributed by atoms with Crippen molar-refractivity contribution in [2.45, 2.75) is 24.5 Å². The van der Waals surface area contributed by atoms with Gasteiger partial charge in [-0.3, -0.25) is 9.59 Å². The van der Waals surface area contributed by atoms with Crippen LogP contribution in [-0.2, 0) is 19.1 Å². The molecule has 9 heteroatoms. The van der Waals surface area contributed by atoms with E-state index in [0.29, 0.717) is 0 Å². The minimum absolute atomic E-state index is 0.125. The van der Waals surface area contributed by atoms with Crippen LogP contribution in [0.4, 0.5) is 0 Å². The number of carbonyl (C=O) groups excluding carboxylic acids is 1. The largest absolute Gasteiger partial charge is 0.481 e. The molecule has 0 aromatic rings. The van der Waals surface area contributed by atoms with Gasteiger partial charge in [-0.05, 0) is 12.2 Å². The fourth-order valence-electron chi connectivity index (χ4n) is 1.09. The molecule has 0 fully saturated rings. The molecular formula is C13H20O9. The van der Waals surface area contributed by atoms with Crippen molar-refractivity contribution in [3.8, 4) is 0 Å². The van der Waals surface area contributed by atoms with Crippen molar-refractivity contribution in [3.63, 3.8) is 0 Å². The summed E-state index contributed by atoms with van der Waals surface area (Å²) in [4.78, 5) is 32.5. The molecule has 0 saturated heterocycles. The van der Waals surface area contributed by atoms with E-state index in [1.54, 1.807) is 0 Å². The zero-order chi connectivity index (χ0) is 17.8. The lowest BCUT2D eigenvalue weighted by Gasteiger charge is -2.21. The molecule has 0 aliphatic carbocycles. The zero-order valence-electron chi connectivity index (χ0n) is 11.8. The van der Waals surface area contributed by atoms with Crippen LogP contribution < -0.4 is 0 Å². The fraction of sp³-hybridized carbons (Fsp3) is 0.462. The molecule has 1 unspecified atom stereocenters. The van der Waals surface area contributed by atoms with E-state index in [9.17, 15) is 19.5 Å². The Hall–Kier alpha value is -2.23. The smallest absolute Gasteiger partial charge is 0.336 e. The summed E-state index contributed by atoms with van der Waals surface area (Å²) in [5.41, 5.74) is -2.70. The summed E-state index contributed by atoms with van der Waals surface area (Å²) in [6, 6.07) is 0. The highest BCUT2D eigenvalue weighted by atomic mass is 16.5. The summed E-state index contributed by atoms with van der Waals surface area (Å²) >= 11 is 0. The van der Waals surface area contributed by atoms with E-state index in [1.165, 1.54) is 12.2 Å². The maximum Gasteiger partial charge on any atom is 0.336 e. The van der Waals surface area contributed by atoms with Crippen LogP contribution in [0.1, 0.15) is 12.8 Å². The lowest BCUT2D eigenvalue weighted by atomic mass is 9.96. The molecule has 0 rings (SSSR count). The Morgan fingerprint density at radius 3 is 1.77 bits per heavy atom. The van der Waals surface area contributed by atoms with Gasteiger partial charge in [0.1, 0.15) is 6.10 Å². The molecule has 5 N–H and O–H groups in total. The Morgan fingerprint density at radius 1 is 1.05 bits per heavy atom. The van der Waals surface area contributed by atoms with E-state index in [0.717, 1.165) is 0 Å². The molecule has 0 spiro atoms. The first-order valence-corrected chi connectivity index (χ1v) is 6.00. The summed E-state index contributed by atoms with van der Waals surface area (Å²) in [6.07, 6.45) is -0.443. The SMILES string of the molecule is C=CC(C=C)OC(=O)CC(O)(CC(=O)O)C(=O)O.OCCO. The number of aliphatic hydroxyl groups excluding tert-OH is 2. The maximum atomic E-state index is 11.3. The normalized spacial score (nSPS) is 12.4. The number of aliphatic hydroxyl groups is 3. The van der Waals surface area contributed by atoms with Crippen molar-refractivity contribution >= 4 is 17.9 Å². The number of hydrogen-bond donors (Lipinski definition) is 5. The van der Waals surface area contributed by atoms with Crippen LogP contribution in [0, 0.1) is 0 Å². The van der Waals surface area contributed by atoms with E-state index in [1.807, 2.05) is 0 Å². The van der Waals surface area contributed by atoms with Gasteiger partial charge in [0, 0.05) is 0 Å². The second-order valence-corrected chi connectivity index (χ2v) is 3.96. The molecular weight excluding hydrogens is 300 g/mol. The van der Waals surface area contributed by atoms with Crippen molar-refractivity contribution in [1.82, 2.24) is 0 Å². The van der Waals surface area contributed by atoms with E-state index >= 15 is 0 Å². The maximum absolute atomic E-state index is 11.3. The lowest BCUT2D eigenvalue weighted by Crippen LogP contribution is -2.43. The van der Waals surface area contributed by atoms with Gasteiger partial charge >= 0.3 is 17.9 Å². The standard InChI is InChI=1S/C11H14O7.C2H6O2/c1-3-7(4-2)18-9(14)6-11(17,10(15)16)5-8(12)13;3-1-2-4/h3-4,7,17H,1-2,5-6H2,(H,12,13)(H,15,16);3-4H,1-2H2. The molecule has 0 aromatic carbocycles. The van der Waals surface area contributed by atoms with E-state index in [-0.39, 0.29) is 13.2 Å². The van der Waals surface area contributed by atoms with Crippen molar-refractivity contribution in [2.24, 2.45) is 0 Å². The highest BCUT2D eigenvalue weighted by Gasteiger charge is 2.41. The zero-order valence-corrected chi connectivity index (χ0v) is 11.8. The summed E-state index contributed by atoms with van der Waals surface area (Å²) in [5.74, 6) is -4.42. The Morgan fingerprint density at radius 2 is 1.50 bits per heavy atom. The summed E-state index contributed by atoms with van der Waals surface area (Å²) in [7, 11) is 0. The Balaban J connectivity index is 0. The molecule has 0 radical (unpaired) electrons. The summed E-state index contributed by atoms with van der Waals surface area (Å²) in [6.45, 7) is 6.44. The van der Waals surface area contributed by atoms with Crippen LogP contribution in [-0.4, -0.2) is 68.4 Å². The van der Waals surface area contributed by atoms with E-state index in [2.05, 4.69) is 17.9 Å². The minimum atomic E-state index is -2.70. The molecule has 0 saturated carbocycles. The number of hydrogen-bond acceptors (Lipinski definition) is 7. The van der Waals surface area contributed by atoms with Gasteiger partial charge in [-0.25, -0.2) is 4.79 Å². The number of rotatable bonds is 9. The molecule has 0 amide bonds. The van der Waals surface area contributed by atoms with Crippen molar-refractivity contribution in [2.75, 3.05) is 13.2 Å². The molecule has 9 nitrogen and oxygen atoms in total. The Kier molecular flexibility index (Phi) is 11.5. The summed E-state index contributed by atoms with van der Waals surface area (Å²) in [5, 5.41) is 42.0. The monoisotopic (exact) mass is 320 g/mol. The molecule has 0 aromatic heterocycles. The minimum Gasteiger partial charge on any atom is -0.481 e. The average Bonchev–Trinajstić information content (AvgIpc) is 2.43. The van der Waals surface area contributed by atoms with E-state index < -0.39 is 42.5 Å². The number of aliphatic carboxylic acids is 2. The number of ether oxygens (including phenoxy) is 1. The predicted molar refractivity (Wildman–Crippen MR) is 73.9 cm³/mol. The lowest BCUT2D eigenvalue weighted by molar-refractivity contribution is -0.172. The topological polar surface area (TPSA) is 162 Å². The molecule has 22 heavy (non-hydrogen) atoms. The Labute approximate surface area is 126 Å². The predicted octanol–water partition coefficient (Wildman–Crippen LogP) is -1.08. The second-order valence-electron chi connectivity index (χ2n) is 3.96. The number of esters is 1. The van der Waals surface area contributed by atoms with Crippen molar-refractivity contribution in [3.05, 3.63) is 25.3 Å². The third-order valence-electron chi connectivity index (χ3n) is 2.11. The number of carboxylic acid groups (broad SMARTS) is 2. The third-order valence-corrected chi connectivity index (χ3v) is 2.11. The molecule has 0 bridgehead atoms. The quantitative estimate of drug-likeness (QED) is 0.263. The first kappa shape index (κ1) is 22.1. The van der Waals surface area contributed by atoms with Crippen molar-refractivity contribution < 1.29 is 44.7 Å². The van der Waals surface area contributed by atoms with E-state index in [4.69, 9.17) is 20.4 Å². The molecule has 0 aliphatic heterocycles. The van der Waals surface area contributed by atoms with Gasteiger partial charge in [0.15, 0.2) is 5.60 Å². The number of carbonyl (C=O) groups is 3. The fourth-order valence-corrected chi connectivity index (χ4v) is 1.09. The van der Waals surface area contributed by atoms with Gasteiger partial charge in [-0.1, -0.05) is 13.2 Å². The molecule has 0 aliphatic rings. The first-order chi connectivity index (χ1) is 10.2. The highest BCUT2D eigenvalue weighted by Crippen LogP contribution is 2.17. The van der Waals surface area contributed by atoms with Crippen LogP contribution >= 0.6 is 0 Å². The molecule has 126 valence electrons. The highest BCUT2D eigenvalue weighted by molar-refractivity contribution is 5.88. The molecule has 1 atom stereocenters. The van der Waals surface area contributed by atoms with Crippen molar-refractivity contribution in [1.29, 1.82) is 0 Å². The molecule has 0 heterocycles. The van der Waals surface area contributed by atoms with Gasteiger partial charge in [-0.2, -0.15) is 0 Å². The van der Waals surface area contributed by atoms with Crippen LogP contribution in [0.2, 0.25) is 0 Å². The third kappa shape index (κ3) is 9.64. The second kappa shape index (κ2) is 11.4. The Bertz CT molecular complexity index is 394. The average molecular weight is 320 g/mol. The number of carboxylic acids is 2. The van der Waals surface area contributed by atoms with Crippen LogP contribution in [0.15, 0.2) is 25.3 Å². The first-order valence-electron chi connectivity index (χ1n) is 6.00. The van der Waals surface area contributed by atoms with Crippen LogP contribution in [0.25, 0.3) is 0 Å². The van der Waals surface area contributed by atoms with Gasteiger partial charge in [0.2, 0.25) is 0 Å². The van der Waals surface area contributed by atoms with Gasteiger partial charge < -0.3 is 30.3 Å². The van der Waals surface area contributed by atoms with Crippen LogP contribution in [0.5, 0.6) is 0 Å².